The van der Waals surface area contributed by atoms with Crippen molar-refractivity contribution in [2.45, 2.75) is 0 Å². The van der Waals surface area contributed by atoms with Gasteiger partial charge in [-0.15, -0.1) is 0 Å². The highest BCUT2D eigenvalue weighted by atomic mass is 15.0. The zero-order valence-electron chi connectivity index (χ0n) is 26.7. The molecule has 0 spiro atoms. The summed E-state index contributed by atoms with van der Waals surface area (Å²) >= 11 is 0. The van der Waals surface area contributed by atoms with Gasteiger partial charge in [0, 0.05) is 21.7 Å². The normalized spacial score (nSPS) is 11.1. The van der Waals surface area contributed by atoms with Gasteiger partial charge in [-0.05, 0) is 88.8 Å². The first-order chi connectivity index (χ1) is 24.7. The molecule has 0 aliphatic rings. The van der Waals surface area contributed by atoms with Crippen LogP contribution in [0.4, 0.5) is 5.69 Å². The Labute approximate surface area is 288 Å². The number of hydrogen-bond donors (Lipinski definition) is 0. The van der Waals surface area contributed by atoms with Gasteiger partial charge in [0.1, 0.15) is 6.07 Å². The van der Waals surface area contributed by atoms with Crippen molar-refractivity contribution in [3.63, 3.8) is 0 Å². The van der Waals surface area contributed by atoms with Gasteiger partial charge in [0.15, 0.2) is 5.69 Å². The topological polar surface area (TPSA) is 61.8 Å². The van der Waals surface area contributed by atoms with Gasteiger partial charge in [-0.3, -0.25) is 0 Å². The smallest absolute Gasteiger partial charge is 0.188 e. The van der Waals surface area contributed by atoms with Gasteiger partial charge >= 0.3 is 0 Å². The van der Waals surface area contributed by atoms with E-state index >= 15 is 0 Å². The minimum Gasteiger partial charge on any atom is -0.309 e. The minimum atomic E-state index is 0.556. The molecular weight excluding hydrogens is 611 g/mol. The lowest BCUT2D eigenvalue weighted by Crippen LogP contribution is -1.98. The van der Waals surface area contributed by atoms with Gasteiger partial charge in [0.2, 0.25) is 0 Å². The highest BCUT2D eigenvalue weighted by molar-refractivity contribution is 6.11. The van der Waals surface area contributed by atoms with Crippen LogP contribution in [0.1, 0.15) is 11.1 Å². The summed E-state index contributed by atoms with van der Waals surface area (Å²) in [5.74, 6) is 0. The number of benzene rings is 7. The molecule has 0 saturated carbocycles. The molecule has 50 heavy (non-hydrogen) atoms. The van der Waals surface area contributed by atoms with Crippen LogP contribution in [-0.2, 0) is 0 Å². The highest BCUT2D eigenvalue weighted by Gasteiger charge is 2.18. The van der Waals surface area contributed by atoms with Crippen molar-refractivity contribution in [3.05, 3.63) is 174 Å². The van der Waals surface area contributed by atoms with Gasteiger partial charge in [0.25, 0.3) is 0 Å². The van der Waals surface area contributed by atoms with Crippen LogP contribution >= 0.6 is 0 Å². The van der Waals surface area contributed by atoms with E-state index in [9.17, 15) is 10.5 Å². The molecule has 2 aromatic heterocycles. The molecule has 7 aromatic carbocycles. The van der Waals surface area contributed by atoms with Gasteiger partial charge in [0.05, 0.1) is 57.2 Å². The Hall–Kier alpha value is -7.39. The van der Waals surface area contributed by atoms with Crippen LogP contribution in [0.3, 0.4) is 0 Å². The minimum absolute atomic E-state index is 0.556. The number of nitrogens with zero attached hydrogens (tertiary/aromatic N) is 5. The van der Waals surface area contributed by atoms with E-state index in [1.54, 1.807) is 0 Å². The molecule has 2 heterocycles. The molecular formula is C45H25N5. The molecule has 0 unspecified atom stereocenters. The van der Waals surface area contributed by atoms with Crippen molar-refractivity contribution in [1.29, 1.82) is 10.5 Å². The average Bonchev–Trinajstić information content (AvgIpc) is 3.69. The lowest BCUT2D eigenvalue weighted by Gasteiger charge is -2.15. The predicted octanol–water partition coefficient (Wildman–Crippen LogP) is 11.5. The summed E-state index contributed by atoms with van der Waals surface area (Å²) in [6.07, 6.45) is 0. The van der Waals surface area contributed by atoms with E-state index in [1.165, 1.54) is 0 Å². The third-order valence-corrected chi connectivity index (χ3v) is 9.60. The summed E-state index contributed by atoms with van der Waals surface area (Å²) < 4.78 is 4.40. The molecule has 5 nitrogen and oxygen atoms in total. The van der Waals surface area contributed by atoms with E-state index in [2.05, 4.69) is 111 Å². The number of rotatable bonds is 4. The van der Waals surface area contributed by atoms with Crippen LogP contribution in [0, 0.1) is 29.2 Å². The number of hydrogen-bond acceptors (Lipinski definition) is 2. The fourth-order valence-electron chi connectivity index (χ4n) is 7.37. The van der Waals surface area contributed by atoms with Crippen molar-refractivity contribution in [1.82, 2.24) is 9.13 Å². The highest BCUT2D eigenvalue weighted by Crippen LogP contribution is 2.39. The second kappa shape index (κ2) is 11.4. The summed E-state index contributed by atoms with van der Waals surface area (Å²) in [4.78, 5) is 3.67. The van der Waals surface area contributed by atoms with Crippen LogP contribution in [0.5, 0.6) is 0 Å². The summed E-state index contributed by atoms with van der Waals surface area (Å²) in [7, 11) is 0. The second-order valence-corrected chi connectivity index (χ2v) is 12.3. The average molecular weight is 636 g/mol. The summed E-state index contributed by atoms with van der Waals surface area (Å²) in [6, 6.07) is 55.7. The summed E-state index contributed by atoms with van der Waals surface area (Å²) in [5, 5.41) is 24.3. The van der Waals surface area contributed by atoms with E-state index in [-0.39, 0.29) is 0 Å². The van der Waals surface area contributed by atoms with Crippen molar-refractivity contribution >= 4 is 49.3 Å². The van der Waals surface area contributed by atoms with Gasteiger partial charge in [-0.2, -0.15) is 10.5 Å². The molecule has 0 fully saturated rings. The molecule has 0 radical (unpaired) electrons. The first-order valence-electron chi connectivity index (χ1n) is 16.3. The number of para-hydroxylation sites is 3. The molecule has 0 atom stereocenters. The Bertz CT molecular complexity index is 2850. The molecule has 0 amide bonds. The van der Waals surface area contributed by atoms with Crippen LogP contribution in [-0.4, -0.2) is 9.13 Å². The molecule has 0 bridgehead atoms. The van der Waals surface area contributed by atoms with Crippen LogP contribution in [0.25, 0.3) is 82.1 Å². The zero-order valence-corrected chi connectivity index (χ0v) is 26.7. The van der Waals surface area contributed by atoms with E-state index in [1.807, 2.05) is 66.7 Å². The first-order valence-corrected chi connectivity index (χ1v) is 16.3. The molecule has 230 valence electrons. The largest absolute Gasteiger partial charge is 0.309 e. The van der Waals surface area contributed by atoms with Crippen molar-refractivity contribution in [2.75, 3.05) is 0 Å². The number of aromatic nitrogens is 2. The zero-order chi connectivity index (χ0) is 33.8. The Morgan fingerprint density at radius 2 is 1.08 bits per heavy atom. The van der Waals surface area contributed by atoms with E-state index in [0.717, 1.165) is 77.2 Å². The third kappa shape index (κ3) is 4.38. The Morgan fingerprint density at radius 3 is 1.82 bits per heavy atom. The van der Waals surface area contributed by atoms with Crippen molar-refractivity contribution in [3.8, 4) is 45.8 Å². The van der Waals surface area contributed by atoms with Crippen molar-refractivity contribution < 1.29 is 0 Å². The lowest BCUT2D eigenvalue weighted by molar-refractivity contribution is 1.17. The Balaban J connectivity index is 1.19. The molecule has 0 aliphatic carbocycles. The fraction of sp³-hybridized carbons (Fsp3) is 0. The summed E-state index contributed by atoms with van der Waals surface area (Å²) in [5.41, 5.74) is 11.7. The molecule has 9 aromatic rings. The maximum atomic E-state index is 10.4. The van der Waals surface area contributed by atoms with Gasteiger partial charge < -0.3 is 9.13 Å². The standard InChI is InChI=1S/C45H25N5/c1-48-34-19-22-45-39(26-34)38-23-29(27-46)17-20-44(38)50(45)41-14-5-2-11-35(41)32-10-8-9-30(24-32)31-18-21-40(33(25-31)28-47)49-42-15-6-3-12-36(42)37-13-4-7-16-43(37)49/h2-26H. The van der Waals surface area contributed by atoms with Gasteiger partial charge in [-0.1, -0.05) is 84.9 Å². The molecule has 9 rings (SSSR count). The molecule has 5 heteroatoms. The van der Waals surface area contributed by atoms with Crippen molar-refractivity contribution in [2.24, 2.45) is 0 Å². The molecule has 0 saturated heterocycles. The summed E-state index contributed by atoms with van der Waals surface area (Å²) in [6.45, 7) is 7.60. The Kier molecular flexibility index (Phi) is 6.56. The maximum Gasteiger partial charge on any atom is 0.188 e. The first kappa shape index (κ1) is 28.8. The Morgan fingerprint density at radius 1 is 0.460 bits per heavy atom. The van der Waals surface area contributed by atoms with E-state index in [0.29, 0.717) is 16.8 Å². The lowest BCUT2D eigenvalue weighted by atomic mass is 9.96. The predicted molar refractivity (Wildman–Crippen MR) is 202 cm³/mol. The SMILES string of the molecule is [C-]#[N+]c1ccc2c(c1)c1cc(C#N)ccc1n2-c1ccccc1-c1cccc(-c2ccc(-n3c4ccccc4c4ccccc43)c(C#N)c2)c1. The van der Waals surface area contributed by atoms with Gasteiger partial charge in [-0.25, -0.2) is 4.85 Å². The maximum absolute atomic E-state index is 10.4. The fourth-order valence-corrected chi connectivity index (χ4v) is 7.37. The monoisotopic (exact) mass is 635 g/mol. The second-order valence-electron chi connectivity index (χ2n) is 12.3. The van der Waals surface area contributed by atoms with Crippen LogP contribution in [0.15, 0.2) is 152 Å². The quantitative estimate of drug-likeness (QED) is 0.181. The number of fused-ring (bicyclic) bond motifs is 6. The van der Waals surface area contributed by atoms with E-state index in [4.69, 9.17) is 6.57 Å². The van der Waals surface area contributed by atoms with Crippen LogP contribution in [0.2, 0.25) is 0 Å². The third-order valence-electron chi connectivity index (χ3n) is 9.60. The molecule has 0 aliphatic heterocycles. The van der Waals surface area contributed by atoms with Crippen LogP contribution < -0.4 is 0 Å². The number of nitriles is 2. The van der Waals surface area contributed by atoms with E-state index < -0.39 is 0 Å². The molecule has 0 N–H and O–H groups in total.